The van der Waals surface area contributed by atoms with E-state index in [9.17, 15) is 9.59 Å². The highest BCUT2D eigenvalue weighted by Gasteiger charge is 2.45. The lowest BCUT2D eigenvalue weighted by atomic mass is 9.92. The molecule has 20 heavy (non-hydrogen) atoms. The van der Waals surface area contributed by atoms with Crippen LogP contribution >= 0.6 is 0 Å². The Bertz CT molecular complexity index is 545. The molecule has 0 heterocycles. The highest BCUT2D eigenvalue weighted by Crippen LogP contribution is 2.51. The van der Waals surface area contributed by atoms with Crippen molar-refractivity contribution in [1.29, 1.82) is 0 Å². The SMILES string of the molecule is Cc1cc(C(=O)O)cc(C(=O)NCC2(C(C)C)CC2)c1. The fourth-order valence-corrected chi connectivity index (χ4v) is 2.51. The van der Waals surface area contributed by atoms with Gasteiger partial charge >= 0.3 is 5.97 Å². The molecule has 1 aliphatic carbocycles. The zero-order chi connectivity index (χ0) is 14.9. The van der Waals surface area contributed by atoms with Crippen LogP contribution in [0.25, 0.3) is 0 Å². The third-order valence-electron chi connectivity index (χ3n) is 4.30. The molecule has 1 fully saturated rings. The van der Waals surface area contributed by atoms with Crippen LogP contribution in [0.5, 0.6) is 0 Å². The molecule has 1 amide bonds. The van der Waals surface area contributed by atoms with Crippen LogP contribution in [0.1, 0.15) is 53.0 Å². The summed E-state index contributed by atoms with van der Waals surface area (Å²) in [6, 6.07) is 4.71. The Labute approximate surface area is 119 Å². The minimum absolute atomic E-state index is 0.153. The van der Waals surface area contributed by atoms with Crippen molar-refractivity contribution < 1.29 is 14.7 Å². The first-order valence-electron chi connectivity index (χ1n) is 6.97. The first-order chi connectivity index (χ1) is 9.34. The van der Waals surface area contributed by atoms with Crippen LogP contribution in [0, 0.1) is 18.3 Å². The third-order valence-corrected chi connectivity index (χ3v) is 4.30. The first kappa shape index (κ1) is 14.6. The van der Waals surface area contributed by atoms with Crippen LogP contribution in [-0.2, 0) is 0 Å². The highest BCUT2D eigenvalue weighted by molar-refractivity contribution is 5.97. The van der Waals surface area contributed by atoms with E-state index >= 15 is 0 Å². The van der Waals surface area contributed by atoms with Crippen LogP contribution < -0.4 is 5.32 Å². The molecular formula is C16H21NO3. The maximum Gasteiger partial charge on any atom is 0.335 e. The van der Waals surface area contributed by atoms with Gasteiger partial charge in [-0.3, -0.25) is 4.79 Å². The molecule has 0 saturated heterocycles. The fraction of sp³-hybridized carbons (Fsp3) is 0.500. The number of carbonyl (C=O) groups excluding carboxylic acids is 1. The van der Waals surface area contributed by atoms with Crippen LogP contribution in [0.4, 0.5) is 0 Å². The lowest BCUT2D eigenvalue weighted by Gasteiger charge is -2.20. The molecule has 1 aliphatic rings. The lowest BCUT2D eigenvalue weighted by molar-refractivity contribution is 0.0696. The molecule has 0 aliphatic heterocycles. The van der Waals surface area contributed by atoms with Crippen molar-refractivity contribution in [2.75, 3.05) is 6.54 Å². The van der Waals surface area contributed by atoms with Crippen LogP contribution in [0.15, 0.2) is 18.2 Å². The van der Waals surface area contributed by atoms with E-state index in [-0.39, 0.29) is 16.9 Å². The minimum atomic E-state index is -1.01. The smallest absolute Gasteiger partial charge is 0.335 e. The molecule has 0 spiro atoms. The van der Waals surface area contributed by atoms with Gasteiger partial charge in [0.05, 0.1) is 5.56 Å². The quantitative estimate of drug-likeness (QED) is 0.868. The number of carbonyl (C=O) groups is 2. The number of hydrogen-bond donors (Lipinski definition) is 2. The van der Waals surface area contributed by atoms with Crippen molar-refractivity contribution in [2.45, 2.75) is 33.6 Å². The van der Waals surface area contributed by atoms with Crippen molar-refractivity contribution >= 4 is 11.9 Å². The summed E-state index contributed by atoms with van der Waals surface area (Å²) in [7, 11) is 0. The average Bonchev–Trinajstić information content (AvgIpc) is 3.16. The maximum atomic E-state index is 12.2. The number of carboxylic acids is 1. The molecule has 2 N–H and O–H groups in total. The van der Waals surface area contributed by atoms with E-state index in [2.05, 4.69) is 19.2 Å². The summed E-state index contributed by atoms with van der Waals surface area (Å²) in [6.45, 7) is 6.81. The molecule has 0 atom stereocenters. The van der Waals surface area contributed by atoms with E-state index < -0.39 is 5.97 Å². The standard InChI is InChI=1S/C16H21NO3/c1-10(2)16(4-5-16)9-17-14(18)12-6-11(3)7-13(8-12)15(19)20/h6-8,10H,4-5,9H2,1-3H3,(H,17,18)(H,19,20). The Morgan fingerprint density at radius 2 is 1.85 bits per heavy atom. The predicted molar refractivity (Wildman–Crippen MR) is 77.0 cm³/mol. The molecule has 0 aromatic heterocycles. The molecule has 0 radical (unpaired) electrons. The van der Waals surface area contributed by atoms with E-state index in [4.69, 9.17) is 5.11 Å². The summed E-state index contributed by atoms with van der Waals surface area (Å²) in [6.07, 6.45) is 2.30. The fourth-order valence-electron chi connectivity index (χ4n) is 2.51. The molecule has 2 rings (SSSR count). The number of nitrogens with one attached hydrogen (secondary N) is 1. The molecule has 0 unspecified atom stereocenters. The van der Waals surface area contributed by atoms with Gasteiger partial charge < -0.3 is 10.4 Å². The second-order valence-corrected chi connectivity index (χ2v) is 6.09. The summed E-state index contributed by atoms with van der Waals surface area (Å²) >= 11 is 0. The second kappa shape index (κ2) is 5.27. The van der Waals surface area contributed by atoms with E-state index in [0.29, 0.717) is 18.0 Å². The zero-order valence-electron chi connectivity index (χ0n) is 12.2. The van der Waals surface area contributed by atoms with E-state index in [1.807, 2.05) is 0 Å². The summed E-state index contributed by atoms with van der Waals surface area (Å²) in [5, 5.41) is 12.0. The van der Waals surface area contributed by atoms with Crippen molar-refractivity contribution in [2.24, 2.45) is 11.3 Å². The van der Waals surface area contributed by atoms with Crippen LogP contribution in [0.2, 0.25) is 0 Å². The number of hydrogen-bond acceptors (Lipinski definition) is 2. The maximum absolute atomic E-state index is 12.2. The van der Waals surface area contributed by atoms with Crippen molar-refractivity contribution in [1.82, 2.24) is 5.32 Å². The Morgan fingerprint density at radius 3 is 2.35 bits per heavy atom. The molecule has 1 saturated carbocycles. The van der Waals surface area contributed by atoms with Gasteiger partial charge in [0.15, 0.2) is 0 Å². The second-order valence-electron chi connectivity index (χ2n) is 6.09. The topological polar surface area (TPSA) is 66.4 Å². The van der Waals surface area contributed by atoms with Gasteiger partial charge in [-0.2, -0.15) is 0 Å². The van der Waals surface area contributed by atoms with Gasteiger partial charge in [0.1, 0.15) is 0 Å². The van der Waals surface area contributed by atoms with E-state index in [1.54, 1.807) is 19.1 Å². The molecule has 108 valence electrons. The summed E-state index contributed by atoms with van der Waals surface area (Å²) in [5.74, 6) is -0.651. The Hall–Kier alpha value is -1.84. The number of aromatic carboxylic acids is 1. The number of carboxylic acid groups (broad SMARTS) is 1. The average molecular weight is 275 g/mol. The Kier molecular flexibility index (Phi) is 3.84. The lowest BCUT2D eigenvalue weighted by Crippen LogP contribution is -2.32. The van der Waals surface area contributed by atoms with Crippen molar-refractivity contribution in [3.05, 3.63) is 34.9 Å². The number of benzene rings is 1. The molecule has 4 nitrogen and oxygen atoms in total. The first-order valence-corrected chi connectivity index (χ1v) is 6.97. The van der Waals surface area contributed by atoms with Gasteiger partial charge in [-0.1, -0.05) is 13.8 Å². The molecule has 0 bridgehead atoms. The predicted octanol–water partition coefficient (Wildman–Crippen LogP) is 2.86. The summed E-state index contributed by atoms with van der Waals surface area (Å²) in [5.41, 5.74) is 1.59. The number of rotatable bonds is 5. The third kappa shape index (κ3) is 3.00. The molecule has 1 aromatic rings. The summed E-state index contributed by atoms with van der Waals surface area (Å²) < 4.78 is 0. The Morgan fingerprint density at radius 1 is 1.25 bits per heavy atom. The normalized spacial score (nSPS) is 16.0. The minimum Gasteiger partial charge on any atom is -0.478 e. The van der Waals surface area contributed by atoms with Gasteiger partial charge in [-0.05, 0) is 54.9 Å². The monoisotopic (exact) mass is 275 g/mol. The molecule has 1 aromatic carbocycles. The molecule has 4 heteroatoms. The van der Waals surface area contributed by atoms with Gasteiger partial charge in [0.2, 0.25) is 0 Å². The summed E-state index contributed by atoms with van der Waals surface area (Å²) in [4.78, 5) is 23.2. The number of aryl methyl sites for hydroxylation is 1. The number of amides is 1. The van der Waals surface area contributed by atoms with Crippen LogP contribution in [0.3, 0.4) is 0 Å². The van der Waals surface area contributed by atoms with Gasteiger partial charge in [0.25, 0.3) is 5.91 Å². The van der Waals surface area contributed by atoms with Gasteiger partial charge in [-0.15, -0.1) is 0 Å². The van der Waals surface area contributed by atoms with E-state index in [0.717, 1.165) is 18.4 Å². The molecular weight excluding hydrogens is 254 g/mol. The van der Waals surface area contributed by atoms with Gasteiger partial charge in [0, 0.05) is 12.1 Å². The highest BCUT2D eigenvalue weighted by atomic mass is 16.4. The van der Waals surface area contributed by atoms with E-state index in [1.165, 1.54) is 6.07 Å². The largest absolute Gasteiger partial charge is 0.478 e. The Balaban J connectivity index is 2.08. The van der Waals surface area contributed by atoms with Crippen molar-refractivity contribution in [3.63, 3.8) is 0 Å². The van der Waals surface area contributed by atoms with Gasteiger partial charge in [-0.25, -0.2) is 4.79 Å². The van der Waals surface area contributed by atoms with Crippen molar-refractivity contribution in [3.8, 4) is 0 Å². The zero-order valence-corrected chi connectivity index (χ0v) is 12.2. The van der Waals surface area contributed by atoms with Crippen LogP contribution in [-0.4, -0.2) is 23.5 Å².